The maximum absolute atomic E-state index is 12.3. The molecule has 2 heterocycles. The normalized spacial score (nSPS) is 14.0. The Morgan fingerprint density at radius 1 is 1.27 bits per heavy atom. The number of pyridine rings is 1. The Bertz CT molecular complexity index is 794. The van der Waals surface area contributed by atoms with Crippen molar-refractivity contribution in [3.05, 3.63) is 47.7 Å². The zero-order chi connectivity index (χ0) is 18.7. The molecular weight excluding hydrogens is 353 g/mol. The largest absolute Gasteiger partial charge is 0.468 e. The summed E-state index contributed by atoms with van der Waals surface area (Å²) in [7, 11) is 0. The van der Waals surface area contributed by atoms with Crippen molar-refractivity contribution < 1.29 is 32.2 Å². The minimum absolute atomic E-state index is 0.161. The molecule has 0 saturated heterocycles. The van der Waals surface area contributed by atoms with Crippen LogP contribution in [0.2, 0.25) is 0 Å². The van der Waals surface area contributed by atoms with Gasteiger partial charge in [-0.3, -0.25) is 4.79 Å². The molecule has 1 amide bonds. The summed E-state index contributed by atoms with van der Waals surface area (Å²) in [6, 6.07) is 7.59. The molecule has 1 aromatic heterocycles. The van der Waals surface area contributed by atoms with Gasteiger partial charge in [-0.25, -0.2) is 4.98 Å². The number of hydrogen-bond acceptors (Lipinski definition) is 5. The molecule has 1 aliphatic heterocycles. The lowest BCUT2D eigenvalue weighted by Crippen LogP contribution is -2.26. The van der Waals surface area contributed by atoms with E-state index in [2.05, 4.69) is 15.0 Å². The molecule has 1 N–H and O–H groups in total. The van der Waals surface area contributed by atoms with Crippen LogP contribution < -0.4 is 19.5 Å². The standard InChI is InChI=1S/C17H15F3N2O4/c1-10(11-2-4-13-14(6-11)26-9-25-13)22-16(23)12-3-5-15(21-7-12)24-8-17(18,19)20/h2-7,10H,8-9H2,1H3,(H,22,23). The molecule has 1 aromatic carbocycles. The lowest BCUT2D eigenvalue weighted by Gasteiger charge is -2.15. The molecule has 26 heavy (non-hydrogen) atoms. The molecule has 0 bridgehead atoms. The number of carbonyl (C=O) groups is 1. The van der Waals surface area contributed by atoms with E-state index in [4.69, 9.17) is 9.47 Å². The van der Waals surface area contributed by atoms with Gasteiger partial charge in [0.05, 0.1) is 11.6 Å². The molecule has 1 aliphatic rings. The topological polar surface area (TPSA) is 69.7 Å². The molecule has 6 nitrogen and oxygen atoms in total. The molecule has 1 atom stereocenters. The Balaban J connectivity index is 1.60. The molecule has 9 heteroatoms. The number of benzene rings is 1. The number of nitrogens with one attached hydrogen (secondary N) is 1. The van der Waals surface area contributed by atoms with Crippen molar-refractivity contribution in [2.24, 2.45) is 0 Å². The van der Waals surface area contributed by atoms with Gasteiger partial charge >= 0.3 is 6.18 Å². The van der Waals surface area contributed by atoms with Crippen LogP contribution in [0.15, 0.2) is 36.5 Å². The first kappa shape index (κ1) is 17.8. The first-order chi connectivity index (χ1) is 12.3. The van der Waals surface area contributed by atoms with Gasteiger partial charge < -0.3 is 19.5 Å². The Morgan fingerprint density at radius 3 is 2.73 bits per heavy atom. The highest BCUT2D eigenvalue weighted by atomic mass is 19.4. The second-order valence-corrected chi connectivity index (χ2v) is 5.60. The molecular formula is C17H15F3N2O4. The van der Waals surface area contributed by atoms with Crippen molar-refractivity contribution in [3.63, 3.8) is 0 Å². The summed E-state index contributed by atoms with van der Waals surface area (Å²) < 4.78 is 51.3. The third-order valence-electron chi connectivity index (χ3n) is 3.63. The quantitative estimate of drug-likeness (QED) is 0.877. The van der Waals surface area contributed by atoms with Gasteiger partial charge in [0.1, 0.15) is 0 Å². The summed E-state index contributed by atoms with van der Waals surface area (Å²) in [5, 5.41) is 2.78. The molecule has 138 valence electrons. The average Bonchev–Trinajstić information content (AvgIpc) is 3.07. The Kier molecular flexibility index (Phi) is 4.88. The smallest absolute Gasteiger partial charge is 0.422 e. The highest BCUT2D eigenvalue weighted by Gasteiger charge is 2.28. The monoisotopic (exact) mass is 368 g/mol. The highest BCUT2D eigenvalue weighted by molar-refractivity contribution is 5.94. The van der Waals surface area contributed by atoms with Gasteiger partial charge in [0.25, 0.3) is 5.91 Å². The number of halogens is 3. The third kappa shape index (κ3) is 4.35. The van der Waals surface area contributed by atoms with E-state index < -0.39 is 18.7 Å². The summed E-state index contributed by atoms with van der Waals surface area (Å²) >= 11 is 0. The SMILES string of the molecule is CC(NC(=O)c1ccc(OCC(F)(F)F)nc1)c1ccc2c(c1)OCO2. The van der Waals surface area contributed by atoms with Crippen LogP contribution in [0.3, 0.4) is 0 Å². The van der Waals surface area contributed by atoms with Crippen molar-refractivity contribution in [2.45, 2.75) is 19.1 Å². The number of amides is 1. The van der Waals surface area contributed by atoms with Crippen LogP contribution in [0.1, 0.15) is 28.9 Å². The van der Waals surface area contributed by atoms with E-state index in [1.54, 1.807) is 19.1 Å². The van der Waals surface area contributed by atoms with E-state index >= 15 is 0 Å². The van der Waals surface area contributed by atoms with Crippen LogP contribution in [0.4, 0.5) is 13.2 Å². The predicted octanol–water partition coefficient (Wildman–Crippen LogP) is 3.24. The van der Waals surface area contributed by atoms with E-state index in [1.807, 2.05) is 6.07 Å². The fourth-order valence-corrected chi connectivity index (χ4v) is 2.30. The Morgan fingerprint density at radius 2 is 2.04 bits per heavy atom. The van der Waals surface area contributed by atoms with Gasteiger partial charge in [0.2, 0.25) is 12.7 Å². The van der Waals surface area contributed by atoms with Gasteiger partial charge in [-0.2, -0.15) is 13.2 Å². The molecule has 0 fully saturated rings. The maximum Gasteiger partial charge on any atom is 0.422 e. The summed E-state index contributed by atoms with van der Waals surface area (Å²) in [6.07, 6.45) is -3.29. The third-order valence-corrected chi connectivity index (χ3v) is 3.63. The Labute approximate surface area is 146 Å². The second-order valence-electron chi connectivity index (χ2n) is 5.60. The van der Waals surface area contributed by atoms with Crippen LogP contribution in [-0.4, -0.2) is 30.5 Å². The fraction of sp³-hybridized carbons (Fsp3) is 0.294. The lowest BCUT2D eigenvalue weighted by molar-refractivity contribution is -0.154. The van der Waals surface area contributed by atoms with E-state index in [0.29, 0.717) is 11.5 Å². The minimum atomic E-state index is -4.45. The van der Waals surface area contributed by atoms with Crippen LogP contribution in [0.5, 0.6) is 17.4 Å². The van der Waals surface area contributed by atoms with Crippen molar-refractivity contribution >= 4 is 5.91 Å². The zero-order valence-corrected chi connectivity index (χ0v) is 13.7. The van der Waals surface area contributed by atoms with Gasteiger partial charge in [0, 0.05) is 12.3 Å². The maximum atomic E-state index is 12.3. The number of carbonyl (C=O) groups excluding carboxylic acids is 1. The fourth-order valence-electron chi connectivity index (χ4n) is 2.30. The van der Waals surface area contributed by atoms with Crippen molar-refractivity contribution in [1.82, 2.24) is 10.3 Å². The van der Waals surface area contributed by atoms with Gasteiger partial charge in [-0.05, 0) is 30.7 Å². The summed E-state index contributed by atoms with van der Waals surface area (Å²) in [4.78, 5) is 16.0. The molecule has 2 aromatic rings. The van der Waals surface area contributed by atoms with Crippen LogP contribution in [0.25, 0.3) is 0 Å². The van der Waals surface area contributed by atoms with Crippen molar-refractivity contribution in [2.75, 3.05) is 13.4 Å². The number of aromatic nitrogens is 1. The Hall–Kier alpha value is -2.97. The zero-order valence-electron chi connectivity index (χ0n) is 13.7. The van der Waals surface area contributed by atoms with E-state index in [9.17, 15) is 18.0 Å². The molecule has 0 saturated carbocycles. The number of fused-ring (bicyclic) bond motifs is 1. The first-order valence-corrected chi connectivity index (χ1v) is 7.68. The summed E-state index contributed by atoms with van der Waals surface area (Å²) in [5.74, 6) is 0.634. The van der Waals surface area contributed by atoms with Crippen molar-refractivity contribution in [1.29, 1.82) is 0 Å². The van der Waals surface area contributed by atoms with Crippen LogP contribution >= 0.6 is 0 Å². The number of nitrogens with zero attached hydrogens (tertiary/aromatic N) is 1. The first-order valence-electron chi connectivity index (χ1n) is 7.68. The summed E-state index contributed by atoms with van der Waals surface area (Å²) in [6.45, 7) is 0.518. The number of ether oxygens (including phenoxy) is 3. The molecule has 1 unspecified atom stereocenters. The number of hydrogen-bond donors (Lipinski definition) is 1. The lowest BCUT2D eigenvalue weighted by atomic mass is 10.1. The molecule has 0 radical (unpaired) electrons. The van der Waals surface area contributed by atoms with Crippen molar-refractivity contribution in [3.8, 4) is 17.4 Å². The van der Waals surface area contributed by atoms with E-state index in [-0.39, 0.29) is 24.3 Å². The molecule has 0 aliphatic carbocycles. The average molecular weight is 368 g/mol. The van der Waals surface area contributed by atoms with Gasteiger partial charge in [-0.15, -0.1) is 0 Å². The van der Waals surface area contributed by atoms with Crippen LogP contribution in [0, 0.1) is 0 Å². The summed E-state index contributed by atoms with van der Waals surface area (Å²) in [5.41, 5.74) is 1.03. The van der Waals surface area contributed by atoms with Gasteiger partial charge in [-0.1, -0.05) is 6.07 Å². The predicted molar refractivity (Wildman–Crippen MR) is 84.2 cm³/mol. The van der Waals surface area contributed by atoms with Gasteiger partial charge in [0.15, 0.2) is 18.1 Å². The van der Waals surface area contributed by atoms with Crippen LogP contribution in [-0.2, 0) is 0 Å². The molecule has 3 rings (SSSR count). The highest BCUT2D eigenvalue weighted by Crippen LogP contribution is 2.34. The van der Waals surface area contributed by atoms with E-state index in [1.165, 1.54) is 12.1 Å². The number of alkyl halides is 3. The van der Waals surface area contributed by atoms with E-state index in [0.717, 1.165) is 11.8 Å². The number of rotatable bonds is 5. The molecule has 0 spiro atoms. The minimum Gasteiger partial charge on any atom is -0.468 e. The second kappa shape index (κ2) is 7.11.